The van der Waals surface area contributed by atoms with Crippen LogP contribution in [0.25, 0.3) is 5.69 Å². The van der Waals surface area contributed by atoms with Gasteiger partial charge in [0.2, 0.25) is 5.88 Å². The van der Waals surface area contributed by atoms with Crippen LogP contribution in [0.4, 0.5) is 32.0 Å². The first-order chi connectivity index (χ1) is 15.4. The molecule has 33 heavy (non-hydrogen) atoms. The average Bonchev–Trinajstić information content (AvgIpc) is 3.16. The number of alkyl halides is 6. The second-order valence-corrected chi connectivity index (χ2v) is 7.16. The van der Waals surface area contributed by atoms with Gasteiger partial charge in [-0.05, 0) is 36.2 Å². The molecule has 0 aliphatic carbocycles. The molecule has 0 atom stereocenters. The SMILES string of the molecule is CCc1c(NC(=O)COc2cc(C(F)(F)F)nn2-c2ccccc2Cl)cccc1C(F)(F)F. The fraction of sp³-hybridized carbons (Fsp3) is 0.238. The predicted octanol–water partition coefficient (Wildman–Crippen LogP) is 6.14. The molecule has 2 aromatic carbocycles. The maximum Gasteiger partial charge on any atom is 0.435 e. The van der Waals surface area contributed by atoms with Crippen LogP contribution in [0.5, 0.6) is 5.88 Å². The van der Waals surface area contributed by atoms with E-state index in [9.17, 15) is 31.1 Å². The van der Waals surface area contributed by atoms with Gasteiger partial charge >= 0.3 is 12.4 Å². The van der Waals surface area contributed by atoms with Gasteiger partial charge in [0.25, 0.3) is 5.91 Å². The van der Waals surface area contributed by atoms with Crippen LogP contribution in [0.15, 0.2) is 48.5 Å². The summed E-state index contributed by atoms with van der Waals surface area (Å²) in [5, 5.41) is 5.86. The quantitative estimate of drug-likeness (QED) is 0.421. The maximum atomic E-state index is 13.2. The Hall–Kier alpha value is -3.21. The van der Waals surface area contributed by atoms with Crippen molar-refractivity contribution in [3.8, 4) is 11.6 Å². The third kappa shape index (κ3) is 5.59. The lowest BCUT2D eigenvalue weighted by atomic mass is 10.0. The van der Waals surface area contributed by atoms with Crippen LogP contribution < -0.4 is 10.1 Å². The van der Waals surface area contributed by atoms with Gasteiger partial charge < -0.3 is 10.1 Å². The van der Waals surface area contributed by atoms with E-state index in [1.165, 1.54) is 31.2 Å². The summed E-state index contributed by atoms with van der Waals surface area (Å²) in [6.45, 7) is 0.713. The second kappa shape index (κ2) is 9.34. The molecule has 0 aliphatic rings. The molecule has 0 bridgehead atoms. The maximum absolute atomic E-state index is 13.2. The Bertz CT molecular complexity index is 1160. The number of amides is 1. The molecule has 5 nitrogen and oxygen atoms in total. The second-order valence-electron chi connectivity index (χ2n) is 6.75. The molecule has 1 aromatic heterocycles. The van der Waals surface area contributed by atoms with Gasteiger partial charge in [0, 0.05) is 11.8 Å². The van der Waals surface area contributed by atoms with Crippen molar-refractivity contribution >= 4 is 23.2 Å². The van der Waals surface area contributed by atoms with E-state index < -0.39 is 42.0 Å². The lowest BCUT2D eigenvalue weighted by Gasteiger charge is -2.16. The van der Waals surface area contributed by atoms with Gasteiger partial charge in [-0.2, -0.15) is 36.1 Å². The molecule has 0 spiro atoms. The summed E-state index contributed by atoms with van der Waals surface area (Å²) in [5.74, 6) is -1.30. The highest BCUT2D eigenvalue weighted by Crippen LogP contribution is 2.36. The lowest BCUT2D eigenvalue weighted by molar-refractivity contribution is -0.141. The molecule has 0 aliphatic heterocycles. The summed E-state index contributed by atoms with van der Waals surface area (Å²) in [5.41, 5.74) is -2.29. The summed E-state index contributed by atoms with van der Waals surface area (Å²) in [4.78, 5) is 12.3. The number of anilines is 1. The van der Waals surface area contributed by atoms with Crippen molar-refractivity contribution < 1.29 is 35.9 Å². The van der Waals surface area contributed by atoms with E-state index in [1.54, 1.807) is 6.07 Å². The molecule has 176 valence electrons. The standard InChI is InChI=1S/C21H16ClF6N3O2/c1-2-12-13(20(23,24)25)6-5-8-15(12)29-18(32)11-33-19-10-17(21(26,27)28)30-31(19)16-9-4-3-7-14(16)22/h3-10H,2,11H2,1H3,(H,29,32). The molecule has 1 N–H and O–H groups in total. The van der Waals surface area contributed by atoms with Gasteiger partial charge in [-0.1, -0.05) is 36.7 Å². The number of halogens is 7. The summed E-state index contributed by atoms with van der Waals surface area (Å²) >= 11 is 6.04. The van der Waals surface area contributed by atoms with Crippen molar-refractivity contribution in [1.29, 1.82) is 0 Å². The Morgan fingerprint density at radius 1 is 1.06 bits per heavy atom. The van der Waals surface area contributed by atoms with Crippen LogP contribution in [-0.2, 0) is 23.6 Å². The van der Waals surface area contributed by atoms with Crippen LogP contribution in [0, 0.1) is 0 Å². The number of rotatable bonds is 6. The first-order valence-corrected chi connectivity index (χ1v) is 9.83. The first kappa shape index (κ1) is 24.4. The van der Waals surface area contributed by atoms with Crippen molar-refractivity contribution in [1.82, 2.24) is 9.78 Å². The van der Waals surface area contributed by atoms with Crippen LogP contribution in [-0.4, -0.2) is 22.3 Å². The van der Waals surface area contributed by atoms with E-state index in [4.69, 9.17) is 16.3 Å². The number of hydrogen-bond acceptors (Lipinski definition) is 3. The van der Waals surface area contributed by atoms with Crippen LogP contribution in [0.1, 0.15) is 23.7 Å². The van der Waals surface area contributed by atoms with Crippen molar-refractivity contribution in [3.05, 3.63) is 70.4 Å². The third-order valence-corrected chi connectivity index (χ3v) is 4.83. The van der Waals surface area contributed by atoms with Gasteiger partial charge in [0.1, 0.15) is 0 Å². The number of para-hydroxylation sites is 1. The fourth-order valence-corrected chi connectivity index (χ4v) is 3.29. The minimum absolute atomic E-state index is 0.0135. The lowest BCUT2D eigenvalue weighted by Crippen LogP contribution is -2.22. The zero-order chi connectivity index (χ0) is 24.4. The van der Waals surface area contributed by atoms with Gasteiger partial charge in [0.05, 0.1) is 16.3 Å². The smallest absolute Gasteiger partial charge is 0.435 e. The van der Waals surface area contributed by atoms with Crippen LogP contribution >= 0.6 is 11.6 Å². The molecular weight excluding hydrogens is 476 g/mol. The molecule has 0 unspecified atom stereocenters. The fourth-order valence-electron chi connectivity index (χ4n) is 3.08. The number of aromatic nitrogens is 2. The van der Waals surface area contributed by atoms with E-state index >= 15 is 0 Å². The number of ether oxygens (including phenoxy) is 1. The van der Waals surface area contributed by atoms with Crippen molar-refractivity contribution in [2.75, 3.05) is 11.9 Å². The van der Waals surface area contributed by atoms with E-state index in [0.29, 0.717) is 6.07 Å². The number of nitrogens with zero attached hydrogens (tertiary/aromatic N) is 2. The Labute approximate surface area is 188 Å². The Morgan fingerprint density at radius 3 is 2.36 bits per heavy atom. The van der Waals surface area contributed by atoms with E-state index in [1.807, 2.05) is 0 Å². The normalized spacial score (nSPS) is 12.0. The van der Waals surface area contributed by atoms with E-state index in [-0.39, 0.29) is 28.4 Å². The number of carbonyl (C=O) groups excluding carboxylic acids is 1. The Kier molecular flexibility index (Phi) is 6.92. The van der Waals surface area contributed by atoms with Crippen molar-refractivity contribution in [3.63, 3.8) is 0 Å². The van der Waals surface area contributed by atoms with Gasteiger partial charge in [-0.3, -0.25) is 4.79 Å². The van der Waals surface area contributed by atoms with Crippen LogP contribution in [0.2, 0.25) is 5.02 Å². The number of nitrogens with one attached hydrogen (secondary N) is 1. The highest BCUT2D eigenvalue weighted by Gasteiger charge is 2.36. The minimum Gasteiger partial charge on any atom is -0.467 e. The largest absolute Gasteiger partial charge is 0.467 e. The topological polar surface area (TPSA) is 56.1 Å². The summed E-state index contributed by atoms with van der Waals surface area (Å²) in [6.07, 6.45) is -9.42. The zero-order valence-corrected chi connectivity index (χ0v) is 17.6. The molecule has 0 fully saturated rings. The first-order valence-electron chi connectivity index (χ1n) is 9.45. The predicted molar refractivity (Wildman–Crippen MR) is 109 cm³/mol. The van der Waals surface area contributed by atoms with Gasteiger partial charge in [0.15, 0.2) is 12.3 Å². The third-order valence-electron chi connectivity index (χ3n) is 4.51. The number of hydrogen-bond donors (Lipinski definition) is 1. The van der Waals surface area contributed by atoms with Crippen molar-refractivity contribution in [2.45, 2.75) is 25.7 Å². The molecule has 3 rings (SSSR count). The summed E-state index contributed by atoms with van der Waals surface area (Å²) in [6, 6.07) is 9.84. The number of benzene rings is 2. The zero-order valence-electron chi connectivity index (χ0n) is 16.9. The van der Waals surface area contributed by atoms with Crippen molar-refractivity contribution in [2.24, 2.45) is 0 Å². The molecule has 0 saturated heterocycles. The number of carbonyl (C=O) groups is 1. The molecule has 0 radical (unpaired) electrons. The van der Waals surface area contributed by atoms with E-state index in [2.05, 4.69) is 10.4 Å². The Morgan fingerprint density at radius 2 is 1.76 bits per heavy atom. The van der Waals surface area contributed by atoms with Gasteiger partial charge in [-0.25, -0.2) is 0 Å². The highest BCUT2D eigenvalue weighted by molar-refractivity contribution is 6.32. The molecule has 1 amide bonds. The summed E-state index contributed by atoms with van der Waals surface area (Å²) < 4.78 is 85.2. The molecular formula is C21H16ClF6N3O2. The molecule has 0 saturated carbocycles. The monoisotopic (exact) mass is 491 g/mol. The minimum atomic E-state index is -4.79. The van der Waals surface area contributed by atoms with Crippen LogP contribution in [0.3, 0.4) is 0 Å². The van der Waals surface area contributed by atoms with Gasteiger partial charge in [-0.15, -0.1) is 0 Å². The molecule has 12 heteroatoms. The molecule has 1 heterocycles. The van der Waals surface area contributed by atoms with E-state index in [0.717, 1.165) is 16.8 Å². The molecule has 3 aromatic rings. The highest BCUT2D eigenvalue weighted by atomic mass is 35.5. The summed E-state index contributed by atoms with van der Waals surface area (Å²) in [7, 11) is 0. The average molecular weight is 492 g/mol. The Balaban J connectivity index is 1.84.